The molecule has 0 aliphatic heterocycles. The first-order chi connectivity index (χ1) is 9.15. The minimum Gasteiger partial charge on any atom is -0.478 e. The molecule has 1 heterocycles. The molecule has 0 radical (unpaired) electrons. The molecule has 0 aliphatic carbocycles. The van der Waals surface area contributed by atoms with Gasteiger partial charge in [-0.25, -0.2) is 4.79 Å². The predicted molar refractivity (Wildman–Crippen MR) is 76.4 cm³/mol. The number of nitrogens with one attached hydrogen (secondary N) is 1. The van der Waals surface area contributed by atoms with Crippen LogP contribution in [0.25, 0.3) is 0 Å². The Morgan fingerprint density at radius 3 is 2.89 bits per heavy atom. The van der Waals surface area contributed by atoms with Crippen molar-refractivity contribution in [1.29, 1.82) is 0 Å². The summed E-state index contributed by atoms with van der Waals surface area (Å²) in [6.07, 6.45) is 5.39. The van der Waals surface area contributed by atoms with Crippen molar-refractivity contribution in [2.75, 3.05) is 11.6 Å². The number of aromatic nitrogens is 2. The van der Waals surface area contributed by atoms with Crippen molar-refractivity contribution in [1.82, 2.24) is 9.78 Å². The van der Waals surface area contributed by atoms with Crippen molar-refractivity contribution in [2.24, 2.45) is 0 Å². The molecule has 0 fully saturated rings. The molecule has 1 aromatic heterocycles. The average molecular weight is 277 g/mol. The Kier molecular flexibility index (Phi) is 4.11. The molecular weight excluding hydrogens is 262 g/mol. The van der Waals surface area contributed by atoms with E-state index in [1.165, 1.54) is 11.8 Å². The van der Waals surface area contributed by atoms with E-state index in [2.05, 4.69) is 10.4 Å². The normalized spacial score (nSPS) is 10.4. The van der Waals surface area contributed by atoms with Gasteiger partial charge in [0.1, 0.15) is 0 Å². The monoisotopic (exact) mass is 277 g/mol. The lowest BCUT2D eigenvalue weighted by Gasteiger charge is -2.10. The molecule has 0 saturated heterocycles. The fraction of sp³-hybridized carbons (Fsp3) is 0.231. The lowest BCUT2D eigenvalue weighted by molar-refractivity contribution is 0.0694. The van der Waals surface area contributed by atoms with Gasteiger partial charge in [-0.3, -0.25) is 4.68 Å². The SMILES string of the molecule is CCn1cc(Nc2cccc(SC)c2C(=O)O)cn1. The van der Waals surface area contributed by atoms with Gasteiger partial charge in [-0.05, 0) is 25.3 Å². The van der Waals surface area contributed by atoms with E-state index in [9.17, 15) is 9.90 Å². The average Bonchev–Trinajstić information content (AvgIpc) is 2.85. The molecule has 0 unspecified atom stereocenters. The van der Waals surface area contributed by atoms with E-state index < -0.39 is 5.97 Å². The minimum atomic E-state index is -0.935. The Balaban J connectivity index is 2.36. The number of nitrogens with zero attached hydrogens (tertiary/aromatic N) is 2. The molecule has 0 spiro atoms. The van der Waals surface area contributed by atoms with Crippen LogP contribution in [0, 0.1) is 0 Å². The Labute approximate surface area is 115 Å². The summed E-state index contributed by atoms with van der Waals surface area (Å²) in [7, 11) is 0. The van der Waals surface area contributed by atoms with Gasteiger partial charge in [0.2, 0.25) is 0 Å². The second kappa shape index (κ2) is 5.79. The topological polar surface area (TPSA) is 67.2 Å². The number of anilines is 2. The summed E-state index contributed by atoms with van der Waals surface area (Å²) in [5.41, 5.74) is 1.65. The van der Waals surface area contributed by atoms with E-state index in [1.54, 1.807) is 23.0 Å². The molecule has 0 aliphatic rings. The van der Waals surface area contributed by atoms with Crippen LogP contribution in [0.2, 0.25) is 0 Å². The Morgan fingerprint density at radius 1 is 1.53 bits per heavy atom. The van der Waals surface area contributed by atoms with Crippen LogP contribution in [0.15, 0.2) is 35.5 Å². The van der Waals surface area contributed by atoms with E-state index in [1.807, 2.05) is 25.4 Å². The third kappa shape index (κ3) is 2.90. The summed E-state index contributed by atoms with van der Waals surface area (Å²) in [6, 6.07) is 5.39. The van der Waals surface area contributed by atoms with Gasteiger partial charge in [-0.15, -0.1) is 11.8 Å². The van der Waals surface area contributed by atoms with Crippen molar-refractivity contribution in [3.05, 3.63) is 36.2 Å². The van der Waals surface area contributed by atoms with Gasteiger partial charge in [0, 0.05) is 17.6 Å². The Bertz CT molecular complexity index is 595. The summed E-state index contributed by atoms with van der Waals surface area (Å²) < 4.78 is 1.78. The van der Waals surface area contributed by atoms with Crippen LogP contribution in [0.1, 0.15) is 17.3 Å². The van der Waals surface area contributed by atoms with Gasteiger partial charge < -0.3 is 10.4 Å². The number of aryl methyl sites for hydroxylation is 1. The summed E-state index contributed by atoms with van der Waals surface area (Å²) in [4.78, 5) is 12.1. The molecule has 0 saturated carbocycles. The molecule has 19 heavy (non-hydrogen) atoms. The van der Waals surface area contributed by atoms with Gasteiger partial charge in [-0.2, -0.15) is 5.10 Å². The predicted octanol–water partition coefficient (Wildman–Crippen LogP) is 3.07. The number of carboxylic acids is 1. The van der Waals surface area contributed by atoms with Gasteiger partial charge in [-0.1, -0.05) is 6.07 Å². The van der Waals surface area contributed by atoms with E-state index in [4.69, 9.17) is 0 Å². The van der Waals surface area contributed by atoms with Crippen molar-refractivity contribution >= 4 is 29.1 Å². The van der Waals surface area contributed by atoms with Gasteiger partial charge >= 0.3 is 5.97 Å². The zero-order chi connectivity index (χ0) is 13.8. The lowest BCUT2D eigenvalue weighted by Crippen LogP contribution is -2.04. The third-order valence-corrected chi connectivity index (χ3v) is 3.48. The summed E-state index contributed by atoms with van der Waals surface area (Å²) in [5, 5.41) is 16.6. The summed E-state index contributed by atoms with van der Waals surface area (Å²) in [6.45, 7) is 2.77. The van der Waals surface area contributed by atoms with Crippen LogP contribution < -0.4 is 5.32 Å². The van der Waals surface area contributed by atoms with Crippen molar-refractivity contribution in [3.8, 4) is 0 Å². The molecule has 0 atom stereocenters. The number of thioether (sulfide) groups is 1. The van der Waals surface area contributed by atoms with Crippen LogP contribution in [0.4, 0.5) is 11.4 Å². The van der Waals surface area contributed by atoms with Crippen LogP contribution in [-0.4, -0.2) is 27.1 Å². The molecule has 6 heteroatoms. The van der Waals surface area contributed by atoms with Gasteiger partial charge in [0.05, 0.1) is 23.1 Å². The first kappa shape index (κ1) is 13.5. The van der Waals surface area contributed by atoms with Crippen molar-refractivity contribution in [2.45, 2.75) is 18.4 Å². The zero-order valence-corrected chi connectivity index (χ0v) is 11.6. The molecule has 2 N–H and O–H groups in total. The Hall–Kier alpha value is -1.95. The number of rotatable bonds is 5. The standard InChI is InChI=1S/C13H15N3O2S/c1-3-16-8-9(7-14-16)15-10-5-4-6-11(19-2)12(10)13(17)18/h4-8,15H,3H2,1-2H3,(H,17,18). The lowest BCUT2D eigenvalue weighted by atomic mass is 10.1. The highest BCUT2D eigenvalue weighted by molar-refractivity contribution is 7.98. The number of carbonyl (C=O) groups is 1. The number of hydrogen-bond donors (Lipinski definition) is 2. The summed E-state index contributed by atoms with van der Waals surface area (Å²) >= 11 is 1.42. The van der Waals surface area contributed by atoms with Crippen molar-refractivity contribution < 1.29 is 9.90 Å². The maximum Gasteiger partial charge on any atom is 0.338 e. The molecule has 0 bridgehead atoms. The highest BCUT2D eigenvalue weighted by Gasteiger charge is 2.15. The second-order valence-corrected chi connectivity index (χ2v) is 4.75. The first-order valence-electron chi connectivity index (χ1n) is 5.85. The van der Waals surface area contributed by atoms with Gasteiger partial charge in [0.15, 0.2) is 0 Å². The van der Waals surface area contributed by atoms with Crippen LogP contribution in [-0.2, 0) is 6.54 Å². The number of benzene rings is 1. The quantitative estimate of drug-likeness (QED) is 0.822. The van der Waals surface area contributed by atoms with E-state index >= 15 is 0 Å². The highest BCUT2D eigenvalue weighted by Crippen LogP contribution is 2.29. The molecule has 2 aromatic rings. The maximum absolute atomic E-state index is 11.4. The minimum absolute atomic E-state index is 0.291. The molecule has 1 aromatic carbocycles. The second-order valence-electron chi connectivity index (χ2n) is 3.90. The van der Waals surface area contributed by atoms with Gasteiger partial charge in [0.25, 0.3) is 0 Å². The van der Waals surface area contributed by atoms with E-state index in [0.29, 0.717) is 11.3 Å². The largest absolute Gasteiger partial charge is 0.478 e. The van der Waals surface area contributed by atoms with E-state index in [0.717, 1.165) is 17.1 Å². The van der Waals surface area contributed by atoms with Crippen LogP contribution in [0.5, 0.6) is 0 Å². The Morgan fingerprint density at radius 2 is 2.32 bits per heavy atom. The molecular formula is C13H15N3O2S. The third-order valence-electron chi connectivity index (χ3n) is 2.70. The number of hydrogen-bond acceptors (Lipinski definition) is 4. The smallest absolute Gasteiger partial charge is 0.338 e. The molecule has 2 rings (SSSR count). The maximum atomic E-state index is 11.4. The highest BCUT2D eigenvalue weighted by atomic mass is 32.2. The molecule has 100 valence electrons. The first-order valence-corrected chi connectivity index (χ1v) is 7.08. The fourth-order valence-corrected chi connectivity index (χ4v) is 2.40. The molecule has 0 amide bonds. The summed E-state index contributed by atoms with van der Waals surface area (Å²) in [5.74, 6) is -0.935. The fourth-order valence-electron chi connectivity index (χ4n) is 1.78. The van der Waals surface area contributed by atoms with Crippen LogP contribution >= 0.6 is 11.8 Å². The van der Waals surface area contributed by atoms with E-state index in [-0.39, 0.29) is 0 Å². The number of aromatic carboxylic acids is 1. The van der Waals surface area contributed by atoms with Crippen LogP contribution in [0.3, 0.4) is 0 Å². The number of carboxylic acid groups (broad SMARTS) is 1. The molecule has 5 nitrogen and oxygen atoms in total. The zero-order valence-electron chi connectivity index (χ0n) is 10.8. The van der Waals surface area contributed by atoms with Crippen molar-refractivity contribution in [3.63, 3.8) is 0 Å².